The molecule has 0 aromatic heterocycles. The maximum atomic E-state index is 11.6. The second-order valence-corrected chi connectivity index (χ2v) is 5.44. The van der Waals surface area contributed by atoms with Crippen molar-refractivity contribution in [3.8, 4) is 11.5 Å². The summed E-state index contributed by atoms with van der Waals surface area (Å²) in [5, 5.41) is 12.7. The Morgan fingerprint density at radius 2 is 1.80 bits per heavy atom. The Hall–Kier alpha value is -2.99. The lowest BCUT2D eigenvalue weighted by molar-refractivity contribution is -0.140. The molecule has 0 fully saturated rings. The topological polar surface area (TPSA) is 93.8 Å². The van der Waals surface area contributed by atoms with E-state index in [1.807, 2.05) is 36.4 Å². The average molecular weight is 342 g/mol. The third kappa shape index (κ3) is 5.54. The number of hydrogen-bond donors (Lipinski definition) is 3. The Kier molecular flexibility index (Phi) is 6.42. The summed E-state index contributed by atoms with van der Waals surface area (Å²) in [4.78, 5) is 11.6. The van der Waals surface area contributed by atoms with Gasteiger partial charge in [-0.05, 0) is 48.0 Å². The van der Waals surface area contributed by atoms with E-state index >= 15 is 0 Å². The molecular formula is C19H22N2O4. The van der Waals surface area contributed by atoms with Gasteiger partial charge in [0, 0.05) is 17.8 Å². The zero-order chi connectivity index (χ0) is 18.2. The van der Waals surface area contributed by atoms with Crippen LogP contribution in [0.15, 0.2) is 60.3 Å². The molecule has 132 valence electrons. The van der Waals surface area contributed by atoms with Gasteiger partial charge in [0.15, 0.2) is 0 Å². The van der Waals surface area contributed by atoms with Gasteiger partial charge in [0.25, 0.3) is 0 Å². The van der Waals surface area contributed by atoms with E-state index < -0.39 is 12.0 Å². The summed E-state index contributed by atoms with van der Waals surface area (Å²) in [6.45, 7) is 0. The van der Waals surface area contributed by atoms with Gasteiger partial charge in [-0.25, -0.2) is 0 Å². The maximum absolute atomic E-state index is 11.6. The molecule has 2 aromatic carbocycles. The predicted octanol–water partition coefficient (Wildman–Crippen LogP) is 2.44. The summed E-state index contributed by atoms with van der Waals surface area (Å²) >= 11 is 0. The van der Waals surface area contributed by atoms with Crippen molar-refractivity contribution in [1.29, 1.82) is 0 Å². The lowest BCUT2D eigenvalue weighted by Crippen LogP contribution is -2.30. The van der Waals surface area contributed by atoms with Gasteiger partial charge in [-0.3, -0.25) is 4.79 Å². The molecule has 0 bridgehead atoms. The molecule has 1 atom stereocenters. The van der Waals surface area contributed by atoms with Gasteiger partial charge in [0.05, 0.1) is 14.2 Å². The number of benzene rings is 2. The zero-order valence-corrected chi connectivity index (χ0v) is 14.2. The molecule has 0 aliphatic carbocycles. The van der Waals surface area contributed by atoms with Crippen LogP contribution in [0.1, 0.15) is 5.56 Å². The fraction of sp³-hybridized carbons (Fsp3) is 0.211. The Labute approximate surface area is 146 Å². The molecule has 2 rings (SSSR count). The second-order valence-electron chi connectivity index (χ2n) is 5.44. The van der Waals surface area contributed by atoms with E-state index in [4.69, 9.17) is 10.5 Å². The van der Waals surface area contributed by atoms with Crippen LogP contribution >= 0.6 is 0 Å². The summed E-state index contributed by atoms with van der Waals surface area (Å²) in [6.07, 6.45) is 2.14. The Bertz CT molecular complexity index is 724. The van der Waals surface area contributed by atoms with Gasteiger partial charge in [0.1, 0.15) is 17.5 Å². The number of rotatable bonds is 7. The Balaban J connectivity index is 2.22. The number of hydrogen-bond acceptors (Lipinski definition) is 6. The van der Waals surface area contributed by atoms with E-state index in [9.17, 15) is 9.90 Å². The van der Waals surface area contributed by atoms with Crippen molar-refractivity contribution in [3.63, 3.8) is 0 Å². The Morgan fingerprint density at radius 1 is 1.16 bits per heavy atom. The summed E-state index contributed by atoms with van der Waals surface area (Å²) in [5.41, 5.74) is 8.40. The highest BCUT2D eigenvalue weighted by molar-refractivity contribution is 5.78. The number of aromatic hydroxyl groups is 1. The predicted molar refractivity (Wildman–Crippen MR) is 96.5 cm³/mol. The van der Waals surface area contributed by atoms with Crippen LogP contribution in [0.2, 0.25) is 0 Å². The normalized spacial score (nSPS) is 12.4. The van der Waals surface area contributed by atoms with Crippen LogP contribution in [-0.4, -0.2) is 31.3 Å². The average Bonchev–Trinajstić information content (AvgIpc) is 2.63. The van der Waals surface area contributed by atoms with Crippen molar-refractivity contribution in [2.24, 2.45) is 5.73 Å². The number of allylic oxidation sites excluding steroid dienone is 1. The first-order valence-corrected chi connectivity index (χ1v) is 7.75. The molecule has 0 saturated carbocycles. The maximum Gasteiger partial charge on any atom is 0.326 e. The molecule has 0 aliphatic rings. The third-order valence-corrected chi connectivity index (χ3v) is 3.58. The van der Waals surface area contributed by atoms with Gasteiger partial charge in [-0.15, -0.1) is 0 Å². The van der Waals surface area contributed by atoms with E-state index in [0.717, 1.165) is 22.7 Å². The molecule has 0 aliphatic heterocycles. The van der Waals surface area contributed by atoms with Crippen molar-refractivity contribution in [3.05, 3.63) is 65.9 Å². The van der Waals surface area contributed by atoms with Crippen LogP contribution in [-0.2, 0) is 16.0 Å². The monoisotopic (exact) mass is 342 g/mol. The minimum absolute atomic E-state index is 0.198. The first-order valence-electron chi connectivity index (χ1n) is 7.75. The fourth-order valence-corrected chi connectivity index (χ4v) is 2.26. The number of nitrogens with two attached hydrogens (primary N) is 1. The molecule has 0 heterocycles. The highest BCUT2D eigenvalue weighted by atomic mass is 16.5. The molecular weight excluding hydrogens is 320 g/mol. The van der Waals surface area contributed by atoms with Crippen LogP contribution in [0.25, 0.3) is 0 Å². The summed E-state index contributed by atoms with van der Waals surface area (Å²) in [5.74, 6) is 0.435. The molecule has 2 aromatic rings. The number of carbonyl (C=O) groups is 1. The van der Waals surface area contributed by atoms with Crippen molar-refractivity contribution in [2.75, 3.05) is 19.5 Å². The number of anilines is 1. The quantitative estimate of drug-likeness (QED) is 0.669. The lowest BCUT2D eigenvalue weighted by atomic mass is 10.1. The summed E-state index contributed by atoms with van der Waals surface area (Å²) in [7, 11) is 2.90. The highest BCUT2D eigenvalue weighted by Crippen LogP contribution is 2.19. The number of methoxy groups -OCH3 is 2. The molecule has 0 radical (unpaired) electrons. The number of phenolic OH excluding ortho intramolecular Hbond substituents is 1. The number of nitrogens with one attached hydrogen (secondary N) is 1. The number of carbonyl (C=O) groups excluding carboxylic acids is 1. The van der Waals surface area contributed by atoms with E-state index in [1.165, 1.54) is 7.11 Å². The first-order chi connectivity index (χ1) is 12.0. The standard InChI is InChI=1S/C19H22N2O4/c1-24-17-9-5-14(6-10-17)21-15(12-18(20)19(23)25-2)11-13-3-7-16(22)8-4-13/h3-10,12,18,21-22H,11,20H2,1-2H3/b15-12-. The summed E-state index contributed by atoms with van der Waals surface area (Å²) in [6, 6.07) is 13.4. The van der Waals surface area contributed by atoms with Crippen LogP contribution in [0.5, 0.6) is 11.5 Å². The van der Waals surface area contributed by atoms with Crippen LogP contribution < -0.4 is 15.8 Å². The molecule has 1 unspecified atom stereocenters. The molecule has 0 spiro atoms. The fourth-order valence-electron chi connectivity index (χ4n) is 2.26. The van der Waals surface area contributed by atoms with Gasteiger partial charge < -0.3 is 25.6 Å². The zero-order valence-electron chi connectivity index (χ0n) is 14.2. The van der Waals surface area contributed by atoms with E-state index in [0.29, 0.717) is 6.42 Å². The van der Waals surface area contributed by atoms with Crippen molar-refractivity contribution < 1.29 is 19.4 Å². The molecule has 6 heteroatoms. The highest BCUT2D eigenvalue weighted by Gasteiger charge is 2.13. The number of phenols is 1. The molecule has 0 amide bonds. The minimum atomic E-state index is -0.872. The van der Waals surface area contributed by atoms with Gasteiger partial charge in [0.2, 0.25) is 0 Å². The third-order valence-electron chi connectivity index (χ3n) is 3.58. The van der Waals surface area contributed by atoms with Crippen molar-refractivity contribution in [1.82, 2.24) is 0 Å². The summed E-state index contributed by atoms with van der Waals surface area (Å²) < 4.78 is 9.82. The number of esters is 1. The van der Waals surface area contributed by atoms with Gasteiger partial charge >= 0.3 is 5.97 Å². The van der Waals surface area contributed by atoms with Gasteiger partial charge in [-0.2, -0.15) is 0 Å². The SMILES string of the molecule is COC(=O)C(N)/C=C(/Cc1ccc(O)cc1)Nc1ccc(OC)cc1. The van der Waals surface area contributed by atoms with Crippen molar-refractivity contribution >= 4 is 11.7 Å². The smallest absolute Gasteiger partial charge is 0.326 e. The second kappa shape index (κ2) is 8.75. The van der Waals surface area contributed by atoms with Crippen LogP contribution in [0, 0.1) is 0 Å². The molecule has 0 saturated heterocycles. The molecule has 6 nitrogen and oxygen atoms in total. The van der Waals surface area contributed by atoms with Crippen molar-refractivity contribution in [2.45, 2.75) is 12.5 Å². The van der Waals surface area contributed by atoms with Crippen LogP contribution in [0.3, 0.4) is 0 Å². The van der Waals surface area contributed by atoms with Crippen LogP contribution in [0.4, 0.5) is 5.69 Å². The minimum Gasteiger partial charge on any atom is -0.508 e. The van der Waals surface area contributed by atoms with E-state index in [-0.39, 0.29) is 5.75 Å². The number of ether oxygens (including phenoxy) is 2. The van der Waals surface area contributed by atoms with Gasteiger partial charge in [-0.1, -0.05) is 12.1 Å². The first kappa shape index (κ1) is 18.4. The lowest BCUT2D eigenvalue weighted by Gasteiger charge is -2.14. The Morgan fingerprint density at radius 3 is 2.36 bits per heavy atom. The molecule has 25 heavy (non-hydrogen) atoms. The largest absolute Gasteiger partial charge is 0.508 e. The van der Waals surface area contributed by atoms with E-state index in [2.05, 4.69) is 10.1 Å². The molecule has 4 N–H and O–H groups in total. The van der Waals surface area contributed by atoms with E-state index in [1.54, 1.807) is 25.3 Å².